The van der Waals surface area contributed by atoms with Gasteiger partial charge in [-0.2, -0.15) is 0 Å². The first-order valence-corrected chi connectivity index (χ1v) is 7.61. The second-order valence-corrected chi connectivity index (χ2v) is 5.43. The largest absolute Gasteiger partial charge is 0.390 e. The molecule has 0 aliphatic carbocycles. The van der Waals surface area contributed by atoms with Crippen LogP contribution in [0.1, 0.15) is 42.5 Å². The Kier molecular flexibility index (Phi) is 5.79. The first-order valence-electron chi connectivity index (χ1n) is 7.23. The Morgan fingerprint density at radius 2 is 1.95 bits per heavy atom. The molecule has 0 saturated heterocycles. The number of aryl methyl sites for hydroxylation is 1. The van der Waals surface area contributed by atoms with Gasteiger partial charge in [0.25, 0.3) is 0 Å². The van der Waals surface area contributed by atoms with Crippen molar-refractivity contribution in [2.24, 2.45) is 0 Å². The van der Waals surface area contributed by atoms with E-state index in [-0.39, 0.29) is 13.2 Å². The summed E-state index contributed by atoms with van der Waals surface area (Å²) in [5.74, 6) is 0.893. The van der Waals surface area contributed by atoms with E-state index in [1.807, 2.05) is 28.8 Å². The van der Waals surface area contributed by atoms with E-state index >= 15 is 0 Å². The SMILES string of the molecule is CCCCc1nc(CO)c(CO)n1Cc1ccccc1Cl. The molecule has 0 unspecified atom stereocenters. The van der Waals surface area contributed by atoms with Crippen molar-refractivity contribution in [3.8, 4) is 0 Å². The average molecular weight is 309 g/mol. The monoisotopic (exact) mass is 308 g/mol. The molecule has 0 aliphatic heterocycles. The van der Waals surface area contributed by atoms with Gasteiger partial charge in [-0.25, -0.2) is 4.98 Å². The Morgan fingerprint density at radius 1 is 1.19 bits per heavy atom. The molecule has 114 valence electrons. The molecule has 21 heavy (non-hydrogen) atoms. The molecule has 0 bridgehead atoms. The van der Waals surface area contributed by atoms with Gasteiger partial charge in [-0.15, -0.1) is 0 Å². The molecular formula is C16H21ClN2O2. The predicted molar refractivity (Wildman–Crippen MR) is 83.2 cm³/mol. The van der Waals surface area contributed by atoms with Gasteiger partial charge in [0.2, 0.25) is 0 Å². The molecule has 2 aromatic rings. The minimum absolute atomic E-state index is 0.139. The van der Waals surface area contributed by atoms with Crippen molar-refractivity contribution in [1.29, 1.82) is 0 Å². The van der Waals surface area contributed by atoms with Crippen LogP contribution >= 0.6 is 11.6 Å². The third-order valence-electron chi connectivity index (χ3n) is 3.57. The highest BCUT2D eigenvalue weighted by molar-refractivity contribution is 6.31. The molecule has 0 atom stereocenters. The third kappa shape index (κ3) is 3.64. The van der Waals surface area contributed by atoms with Crippen molar-refractivity contribution in [3.05, 3.63) is 52.1 Å². The van der Waals surface area contributed by atoms with Crippen molar-refractivity contribution in [2.45, 2.75) is 45.9 Å². The van der Waals surface area contributed by atoms with E-state index in [2.05, 4.69) is 11.9 Å². The van der Waals surface area contributed by atoms with Crippen LogP contribution in [0.25, 0.3) is 0 Å². The molecule has 0 aliphatic rings. The first-order chi connectivity index (χ1) is 10.2. The minimum atomic E-state index is -0.162. The molecule has 0 saturated carbocycles. The highest BCUT2D eigenvalue weighted by atomic mass is 35.5. The molecule has 1 aromatic carbocycles. The Bertz CT molecular complexity index is 596. The number of halogens is 1. The Balaban J connectivity index is 2.39. The van der Waals surface area contributed by atoms with Gasteiger partial charge in [-0.1, -0.05) is 43.1 Å². The van der Waals surface area contributed by atoms with Gasteiger partial charge in [-0.3, -0.25) is 0 Å². The number of hydrogen-bond donors (Lipinski definition) is 2. The number of nitrogens with zero attached hydrogens (tertiary/aromatic N) is 2. The molecule has 2 N–H and O–H groups in total. The highest BCUT2D eigenvalue weighted by Crippen LogP contribution is 2.21. The molecule has 2 rings (SSSR count). The number of benzene rings is 1. The summed E-state index contributed by atoms with van der Waals surface area (Å²) in [4.78, 5) is 4.47. The fraction of sp³-hybridized carbons (Fsp3) is 0.438. The van der Waals surface area contributed by atoms with E-state index in [1.54, 1.807) is 0 Å². The van der Waals surface area contributed by atoms with E-state index in [0.717, 1.165) is 30.7 Å². The lowest BCUT2D eigenvalue weighted by atomic mass is 10.2. The second kappa shape index (κ2) is 7.59. The lowest BCUT2D eigenvalue weighted by Gasteiger charge is -2.12. The number of hydrogen-bond acceptors (Lipinski definition) is 3. The van der Waals surface area contributed by atoms with Gasteiger partial charge in [-0.05, 0) is 18.1 Å². The van der Waals surface area contributed by atoms with Crippen molar-refractivity contribution in [1.82, 2.24) is 9.55 Å². The Morgan fingerprint density at radius 3 is 2.57 bits per heavy atom. The molecule has 4 nitrogen and oxygen atoms in total. The zero-order chi connectivity index (χ0) is 15.2. The van der Waals surface area contributed by atoms with Crippen LogP contribution in [-0.2, 0) is 26.2 Å². The van der Waals surface area contributed by atoms with Crippen LogP contribution < -0.4 is 0 Å². The number of aliphatic hydroxyl groups excluding tert-OH is 2. The van der Waals surface area contributed by atoms with E-state index in [4.69, 9.17) is 11.6 Å². The van der Waals surface area contributed by atoms with Crippen LogP contribution in [0.4, 0.5) is 0 Å². The van der Waals surface area contributed by atoms with E-state index < -0.39 is 0 Å². The molecule has 0 spiro atoms. The molecule has 0 amide bonds. The summed E-state index contributed by atoms with van der Waals surface area (Å²) >= 11 is 6.22. The van der Waals surface area contributed by atoms with E-state index in [9.17, 15) is 10.2 Å². The van der Waals surface area contributed by atoms with Crippen LogP contribution in [-0.4, -0.2) is 19.8 Å². The summed E-state index contributed by atoms with van der Waals surface area (Å²) in [5, 5.41) is 19.7. The first kappa shape index (κ1) is 16.0. The van der Waals surface area contributed by atoms with Gasteiger partial charge in [0.15, 0.2) is 0 Å². The summed E-state index contributed by atoms with van der Waals surface area (Å²) in [6, 6.07) is 7.65. The Labute approximate surface area is 130 Å². The lowest BCUT2D eigenvalue weighted by molar-refractivity contribution is 0.251. The molecule has 0 fully saturated rings. The van der Waals surface area contributed by atoms with Crippen molar-refractivity contribution in [2.75, 3.05) is 0 Å². The summed E-state index contributed by atoms with van der Waals surface area (Å²) in [7, 11) is 0. The quantitative estimate of drug-likeness (QED) is 0.827. The number of aromatic nitrogens is 2. The molecule has 0 radical (unpaired) electrons. The van der Waals surface area contributed by atoms with Gasteiger partial charge < -0.3 is 14.8 Å². The smallest absolute Gasteiger partial charge is 0.109 e. The van der Waals surface area contributed by atoms with Gasteiger partial charge in [0.05, 0.1) is 31.1 Å². The number of rotatable bonds is 7. The van der Waals surface area contributed by atoms with Crippen LogP contribution in [0.15, 0.2) is 24.3 Å². The summed E-state index contributed by atoms with van der Waals surface area (Å²) in [5.41, 5.74) is 2.20. The summed E-state index contributed by atoms with van der Waals surface area (Å²) in [6.45, 7) is 2.38. The van der Waals surface area contributed by atoms with Crippen molar-refractivity contribution < 1.29 is 10.2 Å². The Hall–Kier alpha value is -1.36. The van der Waals surface area contributed by atoms with Crippen LogP contribution in [0, 0.1) is 0 Å². The van der Waals surface area contributed by atoms with Crippen molar-refractivity contribution in [3.63, 3.8) is 0 Å². The topological polar surface area (TPSA) is 58.3 Å². The fourth-order valence-electron chi connectivity index (χ4n) is 2.40. The minimum Gasteiger partial charge on any atom is -0.390 e. The molecule has 1 heterocycles. The zero-order valence-corrected chi connectivity index (χ0v) is 13.0. The van der Waals surface area contributed by atoms with Crippen molar-refractivity contribution >= 4 is 11.6 Å². The van der Waals surface area contributed by atoms with Gasteiger partial charge >= 0.3 is 0 Å². The number of imidazole rings is 1. The number of aliphatic hydroxyl groups is 2. The standard InChI is InChI=1S/C16H21ClN2O2/c1-2-3-8-16-18-14(10-20)15(11-21)19(16)9-12-6-4-5-7-13(12)17/h4-7,20-21H,2-3,8-11H2,1H3. The van der Waals surface area contributed by atoms with Crippen LogP contribution in [0.5, 0.6) is 0 Å². The highest BCUT2D eigenvalue weighted by Gasteiger charge is 2.16. The average Bonchev–Trinajstić information content (AvgIpc) is 2.84. The normalized spacial score (nSPS) is 11.0. The zero-order valence-electron chi connectivity index (χ0n) is 12.2. The van der Waals surface area contributed by atoms with Crippen LogP contribution in [0.2, 0.25) is 5.02 Å². The maximum Gasteiger partial charge on any atom is 0.109 e. The maximum atomic E-state index is 9.61. The fourth-order valence-corrected chi connectivity index (χ4v) is 2.60. The second-order valence-electron chi connectivity index (χ2n) is 5.02. The molecule has 1 aromatic heterocycles. The van der Waals surface area contributed by atoms with Gasteiger partial charge in [0, 0.05) is 11.4 Å². The summed E-state index contributed by atoms with van der Waals surface area (Å²) in [6.07, 6.45) is 2.92. The van der Waals surface area contributed by atoms with Gasteiger partial charge in [0.1, 0.15) is 5.82 Å². The maximum absolute atomic E-state index is 9.61. The molecule has 5 heteroatoms. The van der Waals surface area contributed by atoms with E-state index in [0.29, 0.717) is 23.0 Å². The molecular weight excluding hydrogens is 288 g/mol. The lowest BCUT2D eigenvalue weighted by Crippen LogP contribution is -2.10. The number of unbranched alkanes of at least 4 members (excludes halogenated alkanes) is 1. The van der Waals surface area contributed by atoms with Crippen LogP contribution in [0.3, 0.4) is 0 Å². The predicted octanol–water partition coefficient (Wildman–Crippen LogP) is 2.91. The van der Waals surface area contributed by atoms with E-state index in [1.165, 1.54) is 0 Å². The third-order valence-corrected chi connectivity index (χ3v) is 3.94. The summed E-state index contributed by atoms with van der Waals surface area (Å²) < 4.78 is 1.97.